The molecule has 1 rings (SSSR count). The van der Waals surface area contributed by atoms with Crippen LogP contribution in [0.5, 0.6) is 0 Å². The van der Waals surface area contributed by atoms with Crippen LogP contribution in [0, 0.1) is 0 Å². The Kier molecular flexibility index (Phi) is 5.50. The van der Waals surface area contributed by atoms with Gasteiger partial charge in [0.1, 0.15) is 5.69 Å². The van der Waals surface area contributed by atoms with Gasteiger partial charge in [0, 0.05) is 5.56 Å². The number of alkyl halides is 1. The zero-order valence-electron chi connectivity index (χ0n) is 7.04. The summed E-state index contributed by atoms with van der Waals surface area (Å²) >= 11 is 5.55. The normalized spacial score (nSPS) is 9.08. The molecular weight excluding hydrogens is 215 g/mol. The minimum Gasteiger partial charge on any atom is -0.461 e. The Morgan fingerprint density at radius 2 is 2.46 bits per heavy atom. The van der Waals surface area contributed by atoms with Crippen molar-refractivity contribution in [1.82, 2.24) is 10.2 Å². The molecule has 4 nitrogen and oxygen atoms in total. The minimum absolute atomic E-state index is 0. The molecule has 0 atom stereocenters. The van der Waals surface area contributed by atoms with Crippen molar-refractivity contribution in [2.24, 2.45) is 0 Å². The molecule has 0 aliphatic carbocycles. The van der Waals surface area contributed by atoms with Gasteiger partial charge in [-0.3, -0.25) is 5.10 Å². The second kappa shape index (κ2) is 5.83. The molecule has 74 valence electrons. The predicted molar refractivity (Wildman–Crippen MR) is 51.3 cm³/mol. The number of nitrogens with one attached hydrogen (secondary N) is 1. The molecular formula is C7H10Cl2N2O2. The fraction of sp³-hybridized carbons (Fsp3) is 0.429. The second-order valence-electron chi connectivity index (χ2n) is 2.12. The minimum atomic E-state index is -0.411. The molecule has 0 saturated carbocycles. The molecule has 0 fully saturated rings. The Bertz CT molecular complexity index is 275. The molecule has 1 heterocycles. The van der Waals surface area contributed by atoms with Crippen LogP contribution in [0.2, 0.25) is 0 Å². The van der Waals surface area contributed by atoms with Crippen LogP contribution in [0.25, 0.3) is 0 Å². The van der Waals surface area contributed by atoms with Crippen LogP contribution in [0.1, 0.15) is 23.0 Å². The Balaban J connectivity index is 0.00000144. The molecule has 0 aliphatic rings. The van der Waals surface area contributed by atoms with E-state index in [0.717, 1.165) is 0 Å². The largest absolute Gasteiger partial charge is 0.461 e. The number of nitrogens with zero attached hydrogens (tertiary/aromatic N) is 1. The van der Waals surface area contributed by atoms with E-state index in [-0.39, 0.29) is 18.3 Å². The van der Waals surface area contributed by atoms with E-state index >= 15 is 0 Å². The third-order valence-corrected chi connectivity index (χ3v) is 1.63. The summed E-state index contributed by atoms with van der Waals surface area (Å²) in [4.78, 5) is 11.1. The van der Waals surface area contributed by atoms with E-state index in [1.54, 1.807) is 6.92 Å². The fourth-order valence-corrected chi connectivity index (χ4v) is 0.995. The highest BCUT2D eigenvalue weighted by Gasteiger charge is 2.13. The van der Waals surface area contributed by atoms with E-state index in [9.17, 15) is 4.79 Å². The van der Waals surface area contributed by atoms with E-state index in [4.69, 9.17) is 16.3 Å². The van der Waals surface area contributed by atoms with Crippen molar-refractivity contribution in [3.8, 4) is 0 Å². The van der Waals surface area contributed by atoms with E-state index in [1.165, 1.54) is 6.20 Å². The van der Waals surface area contributed by atoms with E-state index in [0.29, 0.717) is 17.9 Å². The molecule has 0 amide bonds. The summed E-state index contributed by atoms with van der Waals surface area (Å²) in [6.45, 7) is 2.09. The number of aromatic amines is 1. The lowest BCUT2D eigenvalue weighted by atomic mass is 10.3. The summed E-state index contributed by atoms with van der Waals surface area (Å²) in [5.74, 6) is -0.157. The average Bonchev–Trinajstić information content (AvgIpc) is 2.51. The predicted octanol–water partition coefficient (Wildman–Crippen LogP) is 1.75. The van der Waals surface area contributed by atoms with Gasteiger partial charge in [-0.2, -0.15) is 5.10 Å². The number of carbonyl (C=O) groups is 1. The molecule has 0 spiro atoms. The molecule has 0 bridgehead atoms. The van der Waals surface area contributed by atoms with Gasteiger partial charge >= 0.3 is 5.97 Å². The smallest absolute Gasteiger partial charge is 0.356 e. The van der Waals surface area contributed by atoms with Gasteiger partial charge in [-0.1, -0.05) is 0 Å². The summed E-state index contributed by atoms with van der Waals surface area (Å²) in [7, 11) is 0. The SMILES string of the molecule is CCOC(=O)c1[nH]ncc1CCl.Cl. The van der Waals surface area contributed by atoms with Gasteiger partial charge in [0.15, 0.2) is 0 Å². The van der Waals surface area contributed by atoms with E-state index in [1.807, 2.05) is 0 Å². The molecule has 6 heteroatoms. The van der Waals surface area contributed by atoms with Gasteiger partial charge in [0.05, 0.1) is 18.7 Å². The van der Waals surface area contributed by atoms with Crippen LogP contribution in [0.4, 0.5) is 0 Å². The quantitative estimate of drug-likeness (QED) is 0.629. The van der Waals surface area contributed by atoms with Crippen molar-refractivity contribution in [2.75, 3.05) is 6.61 Å². The highest BCUT2D eigenvalue weighted by Crippen LogP contribution is 2.08. The lowest BCUT2D eigenvalue weighted by molar-refractivity contribution is 0.0518. The third-order valence-electron chi connectivity index (χ3n) is 1.34. The number of ether oxygens (including phenoxy) is 1. The summed E-state index contributed by atoms with van der Waals surface area (Å²) in [5.41, 5.74) is 1.00. The van der Waals surface area contributed by atoms with Crippen molar-refractivity contribution in [3.05, 3.63) is 17.5 Å². The number of carbonyl (C=O) groups excluding carboxylic acids is 1. The lowest BCUT2D eigenvalue weighted by Gasteiger charge is -1.99. The van der Waals surface area contributed by atoms with Crippen LogP contribution in [-0.4, -0.2) is 22.8 Å². The average molecular weight is 225 g/mol. The summed E-state index contributed by atoms with van der Waals surface area (Å²) in [5, 5.41) is 6.22. The first-order valence-corrected chi connectivity index (χ1v) is 4.08. The first-order valence-electron chi connectivity index (χ1n) is 3.55. The highest BCUT2D eigenvalue weighted by molar-refractivity contribution is 6.17. The number of aromatic nitrogens is 2. The number of halogens is 2. The molecule has 0 saturated heterocycles. The first kappa shape index (κ1) is 12.3. The van der Waals surface area contributed by atoms with Gasteiger partial charge < -0.3 is 4.74 Å². The molecule has 0 aromatic carbocycles. The number of esters is 1. The highest BCUT2D eigenvalue weighted by atomic mass is 35.5. The molecule has 1 N–H and O–H groups in total. The summed E-state index contributed by atoms with van der Waals surface area (Å²) in [6, 6.07) is 0. The molecule has 0 radical (unpaired) electrons. The van der Waals surface area contributed by atoms with Gasteiger partial charge in [-0.15, -0.1) is 24.0 Å². The van der Waals surface area contributed by atoms with Crippen LogP contribution in [-0.2, 0) is 10.6 Å². The van der Waals surface area contributed by atoms with E-state index in [2.05, 4.69) is 10.2 Å². The standard InChI is InChI=1S/C7H9ClN2O2.ClH/c1-2-12-7(11)6-5(3-8)4-9-10-6;/h4H,2-3H2,1H3,(H,9,10);1H. The summed E-state index contributed by atoms with van der Waals surface area (Å²) < 4.78 is 4.76. The van der Waals surface area contributed by atoms with Crippen LogP contribution in [0.3, 0.4) is 0 Å². The number of hydrogen-bond acceptors (Lipinski definition) is 3. The van der Waals surface area contributed by atoms with Crippen molar-refractivity contribution < 1.29 is 9.53 Å². The van der Waals surface area contributed by atoms with Crippen molar-refractivity contribution in [3.63, 3.8) is 0 Å². The Morgan fingerprint density at radius 3 is 3.00 bits per heavy atom. The maximum absolute atomic E-state index is 11.1. The Morgan fingerprint density at radius 1 is 1.77 bits per heavy atom. The lowest BCUT2D eigenvalue weighted by Crippen LogP contribution is -2.07. The van der Waals surface area contributed by atoms with Gasteiger partial charge in [0.25, 0.3) is 0 Å². The van der Waals surface area contributed by atoms with Gasteiger partial charge in [0.2, 0.25) is 0 Å². The second-order valence-corrected chi connectivity index (χ2v) is 2.39. The Hall–Kier alpha value is -0.740. The van der Waals surface area contributed by atoms with Crippen molar-refractivity contribution >= 4 is 30.0 Å². The maximum atomic E-state index is 11.1. The van der Waals surface area contributed by atoms with Crippen molar-refractivity contribution in [2.45, 2.75) is 12.8 Å². The van der Waals surface area contributed by atoms with Crippen LogP contribution in [0.15, 0.2) is 6.20 Å². The molecule has 1 aromatic heterocycles. The fourth-order valence-electron chi connectivity index (χ4n) is 0.792. The van der Waals surface area contributed by atoms with Gasteiger partial charge in [-0.25, -0.2) is 4.79 Å². The number of rotatable bonds is 3. The molecule has 0 unspecified atom stereocenters. The maximum Gasteiger partial charge on any atom is 0.356 e. The number of hydrogen-bond donors (Lipinski definition) is 1. The van der Waals surface area contributed by atoms with Crippen molar-refractivity contribution in [1.29, 1.82) is 0 Å². The van der Waals surface area contributed by atoms with Gasteiger partial charge in [-0.05, 0) is 6.92 Å². The topological polar surface area (TPSA) is 55.0 Å². The zero-order valence-corrected chi connectivity index (χ0v) is 8.61. The monoisotopic (exact) mass is 224 g/mol. The van der Waals surface area contributed by atoms with Crippen LogP contribution < -0.4 is 0 Å². The third kappa shape index (κ3) is 2.90. The van der Waals surface area contributed by atoms with Crippen LogP contribution >= 0.6 is 24.0 Å². The zero-order chi connectivity index (χ0) is 8.97. The molecule has 1 aromatic rings. The van der Waals surface area contributed by atoms with E-state index < -0.39 is 5.97 Å². The Labute approximate surface area is 87.0 Å². The molecule has 13 heavy (non-hydrogen) atoms. The first-order chi connectivity index (χ1) is 5.79. The molecule has 0 aliphatic heterocycles. The number of H-pyrrole nitrogens is 1. The summed E-state index contributed by atoms with van der Waals surface area (Å²) in [6.07, 6.45) is 1.51.